The van der Waals surface area contributed by atoms with Crippen molar-refractivity contribution >= 4 is 18.3 Å². The molecule has 0 aromatic heterocycles. The third kappa shape index (κ3) is 3.18. The molecule has 18 heavy (non-hydrogen) atoms. The molecule has 2 saturated heterocycles. The molecule has 0 aromatic rings. The van der Waals surface area contributed by atoms with Crippen LogP contribution in [-0.2, 0) is 4.79 Å². The van der Waals surface area contributed by atoms with Crippen LogP contribution in [0.2, 0.25) is 0 Å². The van der Waals surface area contributed by atoms with Crippen LogP contribution in [0.4, 0.5) is 0 Å². The number of nitrogens with zero attached hydrogens (tertiary/aromatic N) is 1. The first kappa shape index (κ1) is 15.8. The molecule has 2 fully saturated rings. The lowest BCUT2D eigenvalue weighted by Gasteiger charge is -2.29. The van der Waals surface area contributed by atoms with E-state index < -0.39 is 0 Å². The summed E-state index contributed by atoms with van der Waals surface area (Å²) in [5.74, 6) is 0.719. The summed E-state index contributed by atoms with van der Waals surface area (Å²) in [7, 11) is 0. The maximum Gasteiger partial charge on any atom is 0.225 e. The van der Waals surface area contributed by atoms with Crippen LogP contribution in [0.3, 0.4) is 0 Å². The maximum atomic E-state index is 12.4. The van der Waals surface area contributed by atoms with Crippen molar-refractivity contribution in [2.75, 3.05) is 26.2 Å². The first-order valence-corrected chi connectivity index (χ1v) is 7.20. The van der Waals surface area contributed by atoms with E-state index >= 15 is 0 Å². The standard InChI is InChI=1S/C14H26N2O.ClH/c1-3-14(4-2)7-10-16(11-14)13(17)12-5-8-15-9-6-12;/h12,15H,3-11H2,1-2H3;1H. The lowest BCUT2D eigenvalue weighted by molar-refractivity contribution is -0.135. The van der Waals surface area contributed by atoms with E-state index in [0.29, 0.717) is 17.2 Å². The van der Waals surface area contributed by atoms with Crippen LogP contribution in [0.25, 0.3) is 0 Å². The van der Waals surface area contributed by atoms with Gasteiger partial charge in [0.05, 0.1) is 0 Å². The van der Waals surface area contributed by atoms with Gasteiger partial charge in [0.25, 0.3) is 0 Å². The zero-order valence-electron chi connectivity index (χ0n) is 11.7. The lowest BCUT2D eigenvalue weighted by atomic mass is 9.82. The second kappa shape index (κ2) is 6.76. The van der Waals surface area contributed by atoms with Gasteiger partial charge in [-0.3, -0.25) is 4.79 Å². The molecule has 106 valence electrons. The summed E-state index contributed by atoms with van der Waals surface area (Å²) in [5, 5.41) is 3.33. The predicted molar refractivity (Wildman–Crippen MR) is 77.1 cm³/mol. The summed E-state index contributed by atoms with van der Waals surface area (Å²) in [6.45, 7) is 8.55. The SMILES string of the molecule is CCC1(CC)CCN(C(=O)C2CCNCC2)C1.Cl. The number of amides is 1. The number of likely N-dealkylation sites (tertiary alicyclic amines) is 1. The first-order chi connectivity index (χ1) is 8.21. The quantitative estimate of drug-likeness (QED) is 0.857. The van der Waals surface area contributed by atoms with Gasteiger partial charge in [-0.05, 0) is 50.6 Å². The Morgan fingerprint density at radius 2 is 1.89 bits per heavy atom. The molecule has 2 aliphatic heterocycles. The minimum Gasteiger partial charge on any atom is -0.342 e. The molecule has 2 rings (SSSR count). The molecule has 0 saturated carbocycles. The molecular formula is C14H27ClN2O. The van der Waals surface area contributed by atoms with Crippen LogP contribution < -0.4 is 5.32 Å². The molecule has 0 unspecified atom stereocenters. The van der Waals surface area contributed by atoms with Gasteiger partial charge in [-0.15, -0.1) is 12.4 Å². The monoisotopic (exact) mass is 274 g/mol. The van der Waals surface area contributed by atoms with Crippen molar-refractivity contribution in [2.45, 2.75) is 46.0 Å². The number of rotatable bonds is 3. The summed E-state index contributed by atoms with van der Waals surface area (Å²) in [6.07, 6.45) is 5.68. The van der Waals surface area contributed by atoms with E-state index in [2.05, 4.69) is 24.1 Å². The number of hydrogen-bond donors (Lipinski definition) is 1. The highest BCUT2D eigenvalue weighted by Gasteiger charge is 2.38. The van der Waals surface area contributed by atoms with Crippen molar-refractivity contribution in [1.82, 2.24) is 10.2 Å². The molecule has 0 aromatic carbocycles. The molecule has 0 aliphatic carbocycles. The summed E-state index contributed by atoms with van der Waals surface area (Å²) < 4.78 is 0. The smallest absolute Gasteiger partial charge is 0.225 e. The largest absolute Gasteiger partial charge is 0.342 e. The van der Waals surface area contributed by atoms with Gasteiger partial charge in [-0.1, -0.05) is 13.8 Å². The third-order valence-corrected chi connectivity index (χ3v) is 4.94. The molecule has 0 bridgehead atoms. The second-order valence-corrected chi connectivity index (χ2v) is 5.74. The highest BCUT2D eigenvalue weighted by atomic mass is 35.5. The zero-order chi connectivity index (χ0) is 12.3. The van der Waals surface area contributed by atoms with Gasteiger partial charge in [0.15, 0.2) is 0 Å². The summed E-state index contributed by atoms with van der Waals surface area (Å²) in [6, 6.07) is 0. The van der Waals surface area contributed by atoms with Crippen LogP contribution in [0.5, 0.6) is 0 Å². The van der Waals surface area contributed by atoms with Crippen LogP contribution in [0.1, 0.15) is 46.0 Å². The van der Waals surface area contributed by atoms with Crippen molar-refractivity contribution < 1.29 is 4.79 Å². The fourth-order valence-electron chi connectivity index (χ4n) is 3.28. The Kier molecular flexibility index (Phi) is 5.93. The Labute approximate surface area is 117 Å². The van der Waals surface area contributed by atoms with Crippen LogP contribution in [0, 0.1) is 11.3 Å². The third-order valence-electron chi connectivity index (χ3n) is 4.94. The molecule has 2 aliphatic rings. The number of nitrogens with one attached hydrogen (secondary N) is 1. The van der Waals surface area contributed by atoms with E-state index in [1.165, 1.54) is 19.3 Å². The van der Waals surface area contributed by atoms with E-state index in [1.54, 1.807) is 0 Å². The molecule has 4 heteroatoms. The second-order valence-electron chi connectivity index (χ2n) is 5.74. The van der Waals surface area contributed by atoms with Crippen molar-refractivity contribution in [3.63, 3.8) is 0 Å². The fraction of sp³-hybridized carbons (Fsp3) is 0.929. The Hall–Kier alpha value is -0.280. The zero-order valence-corrected chi connectivity index (χ0v) is 12.5. The van der Waals surface area contributed by atoms with Crippen molar-refractivity contribution in [2.24, 2.45) is 11.3 Å². The molecule has 3 nitrogen and oxygen atoms in total. The number of halogens is 1. The van der Waals surface area contributed by atoms with E-state index in [4.69, 9.17) is 0 Å². The molecule has 0 spiro atoms. The molecule has 0 atom stereocenters. The van der Waals surface area contributed by atoms with Gasteiger partial charge < -0.3 is 10.2 Å². The molecular weight excluding hydrogens is 248 g/mol. The number of piperidine rings is 1. The predicted octanol–water partition coefficient (Wildman–Crippen LogP) is 2.45. The summed E-state index contributed by atoms with van der Waals surface area (Å²) >= 11 is 0. The van der Waals surface area contributed by atoms with Gasteiger partial charge in [0.1, 0.15) is 0 Å². The van der Waals surface area contributed by atoms with E-state index in [-0.39, 0.29) is 12.4 Å². The topological polar surface area (TPSA) is 32.3 Å². The highest BCUT2D eigenvalue weighted by molar-refractivity contribution is 5.85. The summed E-state index contributed by atoms with van der Waals surface area (Å²) in [4.78, 5) is 14.6. The Bertz CT molecular complexity index is 273. The molecule has 1 amide bonds. The fourth-order valence-corrected chi connectivity index (χ4v) is 3.28. The first-order valence-electron chi connectivity index (χ1n) is 7.20. The molecule has 1 N–H and O–H groups in total. The van der Waals surface area contributed by atoms with Crippen molar-refractivity contribution in [3.05, 3.63) is 0 Å². The minimum absolute atomic E-state index is 0. The van der Waals surface area contributed by atoms with E-state index in [1.807, 2.05) is 0 Å². The highest BCUT2D eigenvalue weighted by Crippen LogP contribution is 2.37. The molecule has 0 radical (unpaired) electrons. The van der Waals surface area contributed by atoms with Gasteiger partial charge in [-0.2, -0.15) is 0 Å². The Morgan fingerprint density at radius 1 is 1.28 bits per heavy atom. The average molecular weight is 275 g/mol. The Balaban J connectivity index is 0.00000162. The van der Waals surface area contributed by atoms with Crippen molar-refractivity contribution in [3.8, 4) is 0 Å². The van der Waals surface area contributed by atoms with Crippen LogP contribution in [-0.4, -0.2) is 37.0 Å². The van der Waals surface area contributed by atoms with Gasteiger partial charge >= 0.3 is 0 Å². The summed E-state index contributed by atoms with van der Waals surface area (Å²) in [5.41, 5.74) is 0.419. The molecule has 2 heterocycles. The number of carbonyl (C=O) groups excluding carboxylic acids is 1. The Morgan fingerprint density at radius 3 is 2.39 bits per heavy atom. The van der Waals surface area contributed by atoms with Gasteiger partial charge in [-0.25, -0.2) is 0 Å². The maximum absolute atomic E-state index is 12.4. The van der Waals surface area contributed by atoms with Gasteiger partial charge in [0.2, 0.25) is 5.91 Å². The van der Waals surface area contributed by atoms with Gasteiger partial charge in [0, 0.05) is 19.0 Å². The van der Waals surface area contributed by atoms with E-state index in [0.717, 1.165) is 39.0 Å². The number of carbonyl (C=O) groups is 1. The van der Waals surface area contributed by atoms with E-state index in [9.17, 15) is 4.79 Å². The van der Waals surface area contributed by atoms with Crippen LogP contribution in [0.15, 0.2) is 0 Å². The van der Waals surface area contributed by atoms with Crippen molar-refractivity contribution in [1.29, 1.82) is 0 Å². The lowest BCUT2D eigenvalue weighted by Crippen LogP contribution is -2.40. The normalized spacial score (nSPS) is 23.8. The van der Waals surface area contributed by atoms with Crippen LogP contribution >= 0.6 is 12.4 Å². The number of hydrogen-bond acceptors (Lipinski definition) is 2. The average Bonchev–Trinajstić information content (AvgIpc) is 2.84. The minimum atomic E-state index is 0.